The molecule has 2 saturated heterocycles. The number of aromatic nitrogens is 2. The molecular formula is C48H62N8O8. The van der Waals surface area contributed by atoms with Crippen molar-refractivity contribution in [3.05, 3.63) is 83.3 Å². The van der Waals surface area contributed by atoms with Gasteiger partial charge < -0.3 is 49.8 Å². The second-order valence-electron chi connectivity index (χ2n) is 18.1. The van der Waals surface area contributed by atoms with Crippen molar-refractivity contribution in [2.75, 3.05) is 40.4 Å². The highest BCUT2D eigenvalue weighted by Gasteiger charge is 2.42. The molecule has 5 atom stereocenters. The van der Waals surface area contributed by atoms with E-state index in [1.54, 1.807) is 36.8 Å². The highest BCUT2D eigenvalue weighted by Crippen LogP contribution is 2.31. The third-order valence-corrected chi connectivity index (χ3v) is 11.7. The van der Waals surface area contributed by atoms with Crippen molar-refractivity contribution in [2.45, 2.75) is 104 Å². The predicted molar refractivity (Wildman–Crippen MR) is 241 cm³/mol. The molecule has 6 rings (SSSR count). The lowest BCUT2D eigenvalue weighted by molar-refractivity contribution is -0.140. The molecule has 4 N–H and O–H groups in total. The second-order valence-corrected chi connectivity index (χ2v) is 18.1. The summed E-state index contributed by atoms with van der Waals surface area (Å²) in [7, 11) is 2.55. The Morgan fingerprint density at radius 3 is 1.89 bits per heavy atom. The van der Waals surface area contributed by atoms with Gasteiger partial charge in [0, 0.05) is 36.5 Å². The topological polar surface area (TPSA) is 188 Å². The van der Waals surface area contributed by atoms with Crippen molar-refractivity contribution in [3.8, 4) is 23.1 Å². The number of carbonyl (C=O) groups excluding carboxylic acids is 5. The largest absolute Gasteiger partial charge is 0.453 e. The van der Waals surface area contributed by atoms with Crippen molar-refractivity contribution in [2.24, 2.45) is 11.8 Å². The molecule has 2 aromatic carbocycles. The Labute approximate surface area is 375 Å². The van der Waals surface area contributed by atoms with Gasteiger partial charge in [0.25, 0.3) is 0 Å². The molecule has 16 heteroatoms. The van der Waals surface area contributed by atoms with E-state index in [0.717, 1.165) is 52.9 Å². The summed E-state index contributed by atoms with van der Waals surface area (Å²) in [6, 6.07) is 13.8. The number of hydrogen-bond donors (Lipinski definition) is 4. The number of alkyl carbamates (subject to hydrolysis) is 2. The number of nitrogens with one attached hydrogen (secondary N) is 4. The standard InChI is InChI=1S/C48H62N8O8/c1-29(2)40(52-45(59)62-8)43(57)55-24-10-11-38(55)36-23-22-35(50-36)33-18-14-31(15-19-33)12-13-32-16-20-34(21-17-32)37-27-49-42(51-37)39-28-54(47(61)64-48(5,6)7)25-26-56(39)44(58)41(30(3)4)53-46(60)63-9/h14-22,27,29-30,36,38-41,50H,10-11,23-26,28H2,1-9H3,(H,49,51)(H,52,59)(H,53,60)/t36-,38+,39+,40+,41+/m1/s1. The van der Waals surface area contributed by atoms with Gasteiger partial charge in [0.15, 0.2) is 0 Å². The number of benzene rings is 2. The van der Waals surface area contributed by atoms with Crippen LogP contribution in [-0.2, 0) is 23.8 Å². The van der Waals surface area contributed by atoms with Crippen molar-refractivity contribution < 1.29 is 38.2 Å². The first-order valence-corrected chi connectivity index (χ1v) is 22.0. The number of carbonyl (C=O) groups is 5. The lowest BCUT2D eigenvalue weighted by atomic mass is 10.00. The van der Waals surface area contributed by atoms with E-state index in [1.165, 1.54) is 14.2 Å². The van der Waals surface area contributed by atoms with E-state index in [1.807, 2.05) is 81.1 Å². The van der Waals surface area contributed by atoms with Crippen LogP contribution in [0.25, 0.3) is 17.0 Å². The van der Waals surface area contributed by atoms with Gasteiger partial charge in [-0.1, -0.05) is 69.9 Å². The minimum Gasteiger partial charge on any atom is -0.453 e. The molecule has 0 spiro atoms. The Bertz CT molecular complexity index is 2250. The number of methoxy groups -OCH3 is 2. The SMILES string of the molecule is COC(=O)N[C@H](C(=O)N1CCN(C(=O)OC(C)(C)C)C[C@H]1c1ncc(-c2ccc(C#Cc3ccc(C4=CC[C@H]([C@@H]5CCCN5C(=O)[C@@H](NC(=O)OC)C(C)C)N4)cc3)cc2)[nH]1)C(C)C. The molecule has 5 amide bonds. The Balaban J connectivity index is 1.10. The maximum absolute atomic E-state index is 14.0. The van der Waals surface area contributed by atoms with Crippen LogP contribution in [0.4, 0.5) is 14.4 Å². The highest BCUT2D eigenvalue weighted by atomic mass is 16.6. The van der Waals surface area contributed by atoms with Gasteiger partial charge >= 0.3 is 18.3 Å². The van der Waals surface area contributed by atoms with Crippen LogP contribution in [0.3, 0.4) is 0 Å². The van der Waals surface area contributed by atoms with Gasteiger partial charge in [-0.15, -0.1) is 0 Å². The third kappa shape index (κ3) is 11.4. The van der Waals surface area contributed by atoms with Gasteiger partial charge in [0.05, 0.1) is 44.7 Å². The van der Waals surface area contributed by atoms with Crippen LogP contribution in [0.5, 0.6) is 0 Å². The van der Waals surface area contributed by atoms with E-state index in [0.29, 0.717) is 12.4 Å². The van der Waals surface area contributed by atoms with E-state index >= 15 is 0 Å². The lowest BCUT2D eigenvalue weighted by Crippen LogP contribution is -2.58. The summed E-state index contributed by atoms with van der Waals surface area (Å²) in [4.78, 5) is 78.2. The van der Waals surface area contributed by atoms with E-state index in [-0.39, 0.29) is 55.4 Å². The zero-order valence-corrected chi connectivity index (χ0v) is 38.3. The molecule has 3 aromatic rings. The van der Waals surface area contributed by atoms with Gasteiger partial charge in [0.1, 0.15) is 29.6 Å². The average molecular weight is 879 g/mol. The number of aromatic amines is 1. The number of ether oxygens (including phenoxy) is 3. The Morgan fingerprint density at radius 2 is 1.34 bits per heavy atom. The van der Waals surface area contributed by atoms with Crippen LogP contribution in [0.15, 0.2) is 60.8 Å². The molecule has 64 heavy (non-hydrogen) atoms. The van der Waals surface area contributed by atoms with Crippen molar-refractivity contribution in [1.29, 1.82) is 0 Å². The van der Waals surface area contributed by atoms with E-state index < -0.39 is 42.0 Å². The molecule has 0 saturated carbocycles. The summed E-state index contributed by atoms with van der Waals surface area (Å²) in [6.45, 7) is 14.2. The van der Waals surface area contributed by atoms with Gasteiger partial charge in [-0.05, 0) is 87.3 Å². The number of rotatable bonds is 10. The van der Waals surface area contributed by atoms with Crippen LogP contribution in [0.2, 0.25) is 0 Å². The molecule has 4 heterocycles. The first-order valence-electron chi connectivity index (χ1n) is 22.0. The maximum Gasteiger partial charge on any atom is 0.410 e. The second kappa shape index (κ2) is 20.3. The molecule has 0 unspecified atom stereocenters. The number of amides is 5. The molecule has 2 fully saturated rings. The summed E-state index contributed by atoms with van der Waals surface area (Å²) < 4.78 is 15.2. The van der Waals surface area contributed by atoms with Gasteiger partial charge in [-0.3, -0.25) is 9.59 Å². The fraction of sp³-hybridized carbons (Fsp3) is 0.500. The van der Waals surface area contributed by atoms with Crippen LogP contribution in [0, 0.1) is 23.7 Å². The fourth-order valence-electron chi connectivity index (χ4n) is 8.29. The molecule has 16 nitrogen and oxygen atoms in total. The third-order valence-electron chi connectivity index (χ3n) is 11.7. The molecule has 0 bridgehead atoms. The number of imidazole rings is 1. The number of piperazine rings is 1. The van der Waals surface area contributed by atoms with Crippen LogP contribution in [0.1, 0.15) is 96.3 Å². The Kier molecular flexibility index (Phi) is 14.9. The zero-order valence-electron chi connectivity index (χ0n) is 38.3. The van der Waals surface area contributed by atoms with E-state index in [9.17, 15) is 24.0 Å². The summed E-state index contributed by atoms with van der Waals surface area (Å²) in [5.74, 6) is 6.31. The normalized spacial score (nSPS) is 19.5. The van der Waals surface area contributed by atoms with E-state index in [4.69, 9.17) is 14.2 Å². The summed E-state index contributed by atoms with van der Waals surface area (Å²) in [5, 5.41) is 9.06. The van der Waals surface area contributed by atoms with Crippen molar-refractivity contribution >= 4 is 35.8 Å². The number of H-pyrrole nitrogens is 1. The zero-order chi connectivity index (χ0) is 46.3. The summed E-state index contributed by atoms with van der Waals surface area (Å²) in [5.41, 5.74) is 4.63. The van der Waals surface area contributed by atoms with Gasteiger partial charge in [0.2, 0.25) is 11.8 Å². The van der Waals surface area contributed by atoms with Crippen LogP contribution >= 0.6 is 0 Å². The monoisotopic (exact) mass is 878 g/mol. The molecular weight excluding hydrogens is 817 g/mol. The maximum atomic E-state index is 14.0. The smallest absolute Gasteiger partial charge is 0.410 e. The minimum atomic E-state index is -0.852. The van der Waals surface area contributed by atoms with Crippen LogP contribution in [-0.4, -0.2) is 125 Å². The first-order chi connectivity index (χ1) is 30.5. The molecule has 342 valence electrons. The summed E-state index contributed by atoms with van der Waals surface area (Å²) in [6.07, 6.45) is 4.68. The van der Waals surface area contributed by atoms with Gasteiger partial charge in [-0.2, -0.15) is 0 Å². The van der Waals surface area contributed by atoms with E-state index in [2.05, 4.69) is 43.8 Å². The Hall–Kier alpha value is -6.50. The predicted octanol–water partition coefficient (Wildman–Crippen LogP) is 6.05. The fourth-order valence-corrected chi connectivity index (χ4v) is 8.29. The molecule has 3 aliphatic rings. The molecule has 1 aromatic heterocycles. The highest BCUT2D eigenvalue weighted by molar-refractivity contribution is 5.87. The molecule has 0 radical (unpaired) electrons. The number of likely N-dealkylation sites (tertiary alicyclic amines) is 1. The summed E-state index contributed by atoms with van der Waals surface area (Å²) >= 11 is 0. The number of nitrogens with zero attached hydrogens (tertiary/aromatic N) is 4. The number of hydrogen-bond acceptors (Lipinski definition) is 10. The quantitative estimate of drug-likeness (QED) is 0.138. The minimum absolute atomic E-state index is 0.0179. The molecule has 3 aliphatic heterocycles. The lowest BCUT2D eigenvalue weighted by Gasteiger charge is -2.42. The Morgan fingerprint density at radius 1 is 0.781 bits per heavy atom. The first kappa shape index (κ1) is 47.0. The average Bonchev–Trinajstić information content (AvgIpc) is 4.08. The van der Waals surface area contributed by atoms with Gasteiger partial charge in [-0.25, -0.2) is 19.4 Å². The van der Waals surface area contributed by atoms with Crippen LogP contribution < -0.4 is 16.0 Å². The van der Waals surface area contributed by atoms with Crippen molar-refractivity contribution in [3.63, 3.8) is 0 Å². The molecule has 0 aliphatic carbocycles. The van der Waals surface area contributed by atoms with Crippen molar-refractivity contribution in [1.82, 2.24) is 40.6 Å².